The lowest BCUT2D eigenvalue weighted by Gasteiger charge is -2.60. The van der Waals surface area contributed by atoms with Gasteiger partial charge in [0.25, 0.3) is 0 Å². The van der Waals surface area contributed by atoms with E-state index < -0.39 is 11.7 Å². The predicted molar refractivity (Wildman–Crippen MR) is 124 cm³/mol. The summed E-state index contributed by atoms with van der Waals surface area (Å²) < 4.78 is 39.3. The van der Waals surface area contributed by atoms with Gasteiger partial charge in [-0.05, 0) is 86.0 Å². The van der Waals surface area contributed by atoms with Gasteiger partial charge in [0.1, 0.15) is 0 Å². The van der Waals surface area contributed by atoms with Crippen molar-refractivity contribution in [1.29, 1.82) is 0 Å². The van der Waals surface area contributed by atoms with Crippen molar-refractivity contribution in [3.8, 4) is 0 Å². The molecule has 0 spiro atoms. The minimum absolute atomic E-state index is 0.0503. The molecule has 0 radical (unpaired) electrons. The van der Waals surface area contributed by atoms with Crippen LogP contribution in [0.3, 0.4) is 0 Å². The third-order valence-electron chi connectivity index (χ3n) is 9.90. The summed E-state index contributed by atoms with van der Waals surface area (Å²) >= 11 is 0. The first kappa shape index (κ1) is 23.4. The number of amides is 2. The van der Waals surface area contributed by atoms with Crippen molar-refractivity contribution in [3.05, 3.63) is 42.0 Å². The zero-order chi connectivity index (χ0) is 24.5. The molecule has 1 aromatic carbocycles. The van der Waals surface area contributed by atoms with Crippen molar-refractivity contribution in [2.45, 2.75) is 64.6 Å². The molecule has 7 heteroatoms. The van der Waals surface area contributed by atoms with E-state index >= 15 is 0 Å². The standard InChI is InChI=1S/C27H33F3N2O2/c1-25-13-11-20-18(7-10-22-26(20,2)14-12-23(33)32(22)3)19(25)8-9-21(25)24(34)31-17-6-4-5-16(15-17)27(28,29)30/h4-6,12,14-15,18-22H,7-11,13H2,1-3H3,(H,31,34)/t18-,19-,20+,21?,22?,25-,26+/m0/s1. The minimum atomic E-state index is -4.44. The Kier molecular flexibility index (Phi) is 5.41. The fourth-order valence-electron chi connectivity index (χ4n) is 8.17. The molecule has 1 N–H and O–H groups in total. The SMILES string of the molecule is CN1C(=O)C=C[C@@]2(C)C1CC[C@@H]1[C@H]2CC[C@]2(C)C(C(=O)Nc3cccc(C(F)(F)F)c3)CC[C@@H]12. The Morgan fingerprint density at radius 3 is 2.59 bits per heavy atom. The zero-order valence-corrected chi connectivity index (χ0v) is 20.0. The average Bonchev–Trinajstić information content (AvgIpc) is 3.13. The topological polar surface area (TPSA) is 49.4 Å². The molecule has 0 bridgehead atoms. The van der Waals surface area contributed by atoms with Gasteiger partial charge in [0.15, 0.2) is 0 Å². The second-order valence-electron chi connectivity index (χ2n) is 11.4. The van der Waals surface area contributed by atoms with Crippen LogP contribution in [0.4, 0.5) is 18.9 Å². The quantitative estimate of drug-likeness (QED) is 0.580. The third kappa shape index (κ3) is 3.49. The number of rotatable bonds is 2. The number of carbonyl (C=O) groups is 2. The van der Waals surface area contributed by atoms with Gasteiger partial charge >= 0.3 is 6.18 Å². The fraction of sp³-hybridized carbons (Fsp3) is 0.630. The summed E-state index contributed by atoms with van der Waals surface area (Å²) in [5.41, 5.74) is -0.759. The van der Waals surface area contributed by atoms with Gasteiger partial charge in [0, 0.05) is 30.1 Å². The van der Waals surface area contributed by atoms with E-state index in [4.69, 9.17) is 0 Å². The van der Waals surface area contributed by atoms with Crippen molar-refractivity contribution < 1.29 is 22.8 Å². The summed E-state index contributed by atoms with van der Waals surface area (Å²) in [6.45, 7) is 4.52. The van der Waals surface area contributed by atoms with Crippen LogP contribution in [-0.2, 0) is 15.8 Å². The van der Waals surface area contributed by atoms with Crippen molar-refractivity contribution in [3.63, 3.8) is 0 Å². The van der Waals surface area contributed by atoms with Gasteiger partial charge in [-0.3, -0.25) is 9.59 Å². The smallest absolute Gasteiger partial charge is 0.338 e. The third-order valence-corrected chi connectivity index (χ3v) is 9.90. The fourth-order valence-corrected chi connectivity index (χ4v) is 8.17. The van der Waals surface area contributed by atoms with E-state index in [1.165, 1.54) is 12.1 Å². The number of fused-ring (bicyclic) bond motifs is 5. The molecule has 5 rings (SSSR count). The van der Waals surface area contributed by atoms with Gasteiger partial charge in [-0.1, -0.05) is 26.0 Å². The minimum Gasteiger partial charge on any atom is -0.338 e. The molecule has 4 aliphatic rings. The molecule has 2 amide bonds. The Balaban J connectivity index is 1.35. The number of likely N-dealkylation sites (N-methyl/N-ethyl adjacent to an activating group) is 1. The maximum Gasteiger partial charge on any atom is 0.416 e. The van der Waals surface area contributed by atoms with E-state index in [1.54, 1.807) is 6.08 Å². The van der Waals surface area contributed by atoms with E-state index in [-0.39, 0.29) is 40.3 Å². The van der Waals surface area contributed by atoms with Gasteiger partial charge in [-0.15, -0.1) is 0 Å². The summed E-state index contributed by atoms with van der Waals surface area (Å²) in [6, 6.07) is 5.11. The number of hydrogen-bond acceptors (Lipinski definition) is 2. The van der Waals surface area contributed by atoms with Crippen molar-refractivity contribution >= 4 is 17.5 Å². The molecule has 3 saturated carbocycles. The molecule has 0 aromatic heterocycles. The van der Waals surface area contributed by atoms with E-state index in [1.807, 2.05) is 11.9 Å². The van der Waals surface area contributed by atoms with E-state index in [9.17, 15) is 22.8 Å². The molecule has 2 unspecified atom stereocenters. The van der Waals surface area contributed by atoms with Crippen LogP contribution in [0.2, 0.25) is 0 Å². The molecule has 0 saturated heterocycles. The molecule has 184 valence electrons. The van der Waals surface area contributed by atoms with Gasteiger partial charge in [-0.2, -0.15) is 13.2 Å². The second kappa shape index (κ2) is 7.85. The molecule has 34 heavy (non-hydrogen) atoms. The number of benzene rings is 1. The number of nitrogens with zero attached hydrogens (tertiary/aromatic N) is 1. The van der Waals surface area contributed by atoms with Crippen molar-refractivity contribution in [2.24, 2.45) is 34.5 Å². The summed E-state index contributed by atoms with van der Waals surface area (Å²) in [5, 5.41) is 2.80. The lowest BCUT2D eigenvalue weighted by Crippen LogP contribution is -2.59. The zero-order valence-electron chi connectivity index (χ0n) is 20.0. The van der Waals surface area contributed by atoms with Crippen LogP contribution >= 0.6 is 0 Å². The van der Waals surface area contributed by atoms with Crippen molar-refractivity contribution in [1.82, 2.24) is 4.90 Å². The Morgan fingerprint density at radius 2 is 1.85 bits per heavy atom. The summed E-state index contributed by atoms with van der Waals surface area (Å²) in [6.07, 6.45) is 5.12. The van der Waals surface area contributed by atoms with Crippen LogP contribution in [0.25, 0.3) is 0 Å². The van der Waals surface area contributed by atoms with E-state index in [0.717, 1.165) is 50.7 Å². The van der Waals surface area contributed by atoms with E-state index in [0.29, 0.717) is 17.8 Å². The Morgan fingerprint density at radius 1 is 1.09 bits per heavy atom. The first-order valence-electron chi connectivity index (χ1n) is 12.4. The molecule has 1 aromatic rings. The highest BCUT2D eigenvalue weighted by Gasteiger charge is 2.61. The molecular weight excluding hydrogens is 441 g/mol. The lowest BCUT2D eigenvalue weighted by molar-refractivity contribution is -0.141. The van der Waals surface area contributed by atoms with E-state index in [2.05, 4.69) is 25.2 Å². The van der Waals surface area contributed by atoms with Crippen LogP contribution in [0.1, 0.15) is 57.9 Å². The molecule has 4 nitrogen and oxygen atoms in total. The Bertz CT molecular complexity index is 1040. The normalized spacial score (nSPS) is 39.3. The Labute approximate surface area is 199 Å². The van der Waals surface area contributed by atoms with Crippen molar-refractivity contribution in [2.75, 3.05) is 12.4 Å². The number of hydrogen-bond donors (Lipinski definition) is 1. The molecule has 3 fully saturated rings. The molecule has 1 aliphatic heterocycles. The monoisotopic (exact) mass is 474 g/mol. The first-order valence-corrected chi connectivity index (χ1v) is 12.4. The maximum absolute atomic E-state index is 13.3. The summed E-state index contributed by atoms with van der Waals surface area (Å²) in [5.74, 6) is 1.10. The Hall–Kier alpha value is -2.31. The van der Waals surface area contributed by atoms with Gasteiger partial charge in [0.2, 0.25) is 11.8 Å². The maximum atomic E-state index is 13.3. The largest absolute Gasteiger partial charge is 0.416 e. The summed E-state index contributed by atoms with van der Waals surface area (Å²) in [7, 11) is 1.91. The lowest BCUT2D eigenvalue weighted by atomic mass is 9.47. The highest BCUT2D eigenvalue weighted by Crippen LogP contribution is 2.65. The van der Waals surface area contributed by atoms with Crippen LogP contribution < -0.4 is 5.32 Å². The molecule has 1 heterocycles. The van der Waals surface area contributed by atoms with Crippen LogP contribution in [0.5, 0.6) is 0 Å². The number of anilines is 1. The molecule has 3 aliphatic carbocycles. The summed E-state index contributed by atoms with van der Waals surface area (Å²) in [4.78, 5) is 27.5. The number of nitrogens with one attached hydrogen (secondary N) is 1. The number of alkyl halides is 3. The van der Waals surface area contributed by atoms with Crippen LogP contribution in [0.15, 0.2) is 36.4 Å². The predicted octanol–water partition coefficient (Wildman–Crippen LogP) is 5.90. The average molecular weight is 475 g/mol. The van der Waals surface area contributed by atoms with Gasteiger partial charge in [-0.25, -0.2) is 0 Å². The highest BCUT2D eigenvalue weighted by atomic mass is 19.4. The van der Waals surface area contributed by atoms with Crippen LogP contribution in [0, 0.1) is 34.5 Å². The van der Waals surface area contributed by atoms with Gasteiger partial charge < -0.3 is 10.2 Å². The van der Waals surface area contributed by atoms with Gasteiger partial charge in [0.05, 0.1) is 5.56 Å². The van der Waals surface area contributed by atoms with Crippen LogP contribution in [-0.4, -0.2) is 29.8 Å². The number of carbonyl (C=O) groups excluding carboxylic acids is 2. The highest BCUT2D eigenvalue weighted by molar-refractivity contribution is 5.93. The number of halogens is 3. The molecular formula is C27H33F3N2O2. The first-order chi connectivity index (χ1) is 15.9. The molecule has 7 atom stereocenters. The second-order valence-corrected chi connectivity index (χ2v) is 11.4.